The van der Waals surface area contributed by atoms with Crippen molar-refractivity contribution < 1.29 is 22.8 Å². The van der Waals surface area contributed by atoms with Gasteiger partial charge in [-0.25, -0.2) is 4.39 Å². The Labute approximate surface area is 142 Å². The first-order chi connectivity index (χ1) is 12.1. The maximum Gasteiger partial charge on any atom is 0.309 e. The lowest BCUT2D eigenvalue weighted by molar-refractivity contribution is -0.139. The van der Waals surface area contributed by atoms with Gasteiger partial charge in [-0.05, 0) is 42.0 Å². The summed E-state index contributed by atoms with van der Waals surface area (Å²) in [5.41, 5.74) is 0.691. The number of carbonyl (C=O) groups excluding carboxylic acids is 2. The molecule has 6 nitrogen and oxygen atoms in total. The molecule has 2 aromatic heterocycles. The number of rotatable bonds is 5. The first-order valence-electron chi connectivity index (χ1n) is 7.55. The summed E-state index contributed by atoms with van der Waals surface area (Å²) >= 11 is 0. The Hall–Kier alpha value is -3.35. The lowest BCUT2D eigenvalue weighted by atomic mass is 10.2. The molecule has 0 atom stereocenters. The largest absolute Gasteiger partial charge is 0.461 e. The fourth-order valence-electron chi connectivity index (χ4n) is 2.14. The van der Waals surface area contributed by atoms with Crippen LogP contribution in [0.1, 0.15) is 11.3 Å². The van der Waals surface area contributed by atoms with Crippen molar-refractivity contribution in [1.29, 1.82) is 0 Å². The molecule has 0 aliphatic rings. The van der Waals surface area contributed by atoms with Gasteiger partial charge in [-0.1, -0.05) is 12.1 Å². The molecule has 0 saturated carbocycles. The molecular weight excluding hydrogens is 327 g/mol. The highest BCUT2D eigenvalue weighted by atomic mass is 19.1. The Morgan fingerprint density at radius 2 is 1.60 bits per heavy atom. The van der Waals surface area contributed by atoms with Gasteiger partial charge in [-0.3, -0.25) is 9.59 Å². The van der Waals surface area contributed by atoms with E-state index in [9.17, 15) is 14.0 Å². The topological polar surface area (TPSA) is 84.5 Å². The van der Waals surface area contributed by atoms with Gasteiger partial charge < -0.3 is 19.5 Å². The highest BCUT2D eigenvalue weighted by molar-refractivity contribution is 6.35. The Morgan fingerprint density at radius 3 is 2.28 bits per heavy atom. The molecule has 2 N–H and O–H groups in total. The van der Waals surface area contributed by atoms with E-state index in [0.717, 1.165) is 0 Å². The van der Waals surface area contributed by atoms with Crippen molar-refractivity contribution in [3.63, 3.8) is 0 Å². The summed E-state index contributed by atoms with van der Waals surface area (Å²) in [6, 6.07) is 12.5. The molecule has 0 unspecified atom stereocenters. The van der Waals surface area contributed by atoms with Crippen molar-refractivity contribution in [3.8, 4) is 11.5 Å². The SMILES string of the molecule is O=C(NCc1ccc(F)cc1)C(=O)NCc1ccc(-c2ccco2)o1. The number of furan rings is 2. The van der Waals surface area contributed by atoms with Crippen molar-refractivity contribution >= 4 is 11.8 Å². The molecule has 3 rings (SSSR count). The van der Waals surface area contributed by atoms with Gasteiger partial charge in [0.25, 0.3) is 0 Å². The van der Waals surface area contributed by atoms with E-state index in [0.29, 0.717) is 22.8 Å². The minimum atomic E-state index is -0.780. The molecule has 7 heteroatoms. The summed E-state index contributed by atoms with van der Waals surface area (Å²) in [6.07, 6.45) is 1.53. The Bertz CT molecular complexity index is 854. The number of hydrogen-bond donors (Lipinski definition) is 2. The second kappa shape index (κ2) is 7.48. The van der Waals surface area contributed by atoms with Gasteiger partial charge in [0.05, 0.1) is 12.8 Å². The Kier molecular flexibility index (Phi) is 4.94. The minimum Gasteiger partial charge on any atom is -0.461 e. The minimum absolute atomic E-state index is 0.0729. The van der Waals surface area contributed by atoms with Gasteiger partial charge in [-0.15, -0.1) is 0 Å². The molecule has 1 aromatic carbocycles. The van der Waals surface area contributed by atoms with Crippen molar-refractivity contribution in [3.05, 3.63) is 71.9 Å². The van der Waals surface area contributed by atoms with E-state index >= 15 is 0 Å². The van der Waals surface area contributed by atoms with Crippen LogP contribution >= 0.6 is 0 Å². The molecule has 128 valence electrons. The number of halogens is 1. The van der Waals surface area contributed by atoms with Gasteiger partial charge in [0.1, 0.15) is 11.6 Å². The third kappa shape index (κ3) is 4.35. The normalized spacial score (nSPS) is 10.4. The molecule has 0 bridgehead atoms. The highest BCUT2D eigenvalue weighted by Crippen LogP contribution is 2.22. The Morgan fingerprint density at radius 1 is 0.880 bits per heavy atom. The molecule has 3 aromatic rings. The van der Waals surface area contributed by atoms with Crippen LogP contribution < -0.4 is 10.6 Å². The monoisotopic (exact) mass is 342 g/mol. The van der Waals surface area contributed by atoms with E-state index in [-0.39, 0.29) is 18.9 Å². The van der Waals surface area contributed by atoms with E-state index in [1.807, 2.05) is 0 Å². The zero-order chi connectivity index (χ0) is 17.6. The quantitative estimate of drug-likeness (QED) is 0.698. The van der Waals surface area contributed by atoms with E-state index in [2.05, 4.69) is 10.6 Å². The second-order valence-electron chi connectivity index (χ2n) is 5.24. The maximum absolute atomic E-state index is 12.8. The number of benzene rings is 1. The molecule has 2 heterocycles. The summed E-state index contributed by atoms with van der Waals surface area (Å²) in [4.78, 5) is 23.5. The zero-order valence-corrected chi connectivity index (χ0v) is 13.1. The number of carbonyl (C=O) groups is 2. The predicted octanol–water partition coefficient (Wildman–Crippen LogP) is 2.61. The average molecular weight is 342 g/mol. The van der Waals surface area contributed by atoms with Gasteiger partial charge in [0, 0.05) is 6.54 Å². The van der Waals surface area contributed by atoms with Crippen LogP contribution in [0.4, 0.5) is 4.39 Å². The Balaban J connectivity index is 1.47. The first-order valence-corrected chi connectivity index (χ1v) is 7.55. The molecule has 0 aliphatic carbocycles. The molecular formula is C18H15FN2O4. The van der Waals surface area contributed by atoms with Gasteiger partial charge >= 0.3 is 11.8 Å². The molecule has 0 spiro atoms. The maximum atomic E-state index is 12.8. The molecule has 0 aliphatic heterocycles. The van der Waals surface area contributed by atoms with E-state index in [1.54, 1.807) is 24.3 Å². The average Bonchev–Trinajstić information content (AvgIpc) is 3.30. The summed E-state index contributed by atoms with van der Waals surface area (Å²) < 4.78 is 23.5. The van der Waals surface area contributed by atoms with Crippen LogP contribution in [0.15, 0.2) is 63.6 Å². The number of nitrogens with one attached hydrogen (secondary N) is 2. The van der Waals surface area contributed by atoms with Gasteiger partial charge in [0.15, 0.2) is 11.5 Å². The van der Waals surface area contributed by atoms with Crippen LogP contribution in [-0.4, -0.2) is 11.8 Å². The van der Waals surface area contributed by atoms with E-state index < -0.39 is 11.8 Å². The van der Waals surface area contributed by atoms with Crippen molar-refractivity contribution in [1.82, 2.24) is 10.6 Å². The molecule has 0 saturated heterocycles. The van der Waals surface area contributed by atoms with Crippen LogP contribution in [0.3, 0.4) is 0 Å². The van der Waals surface area contributed by atoms with Crippen LogP contribution in [0, 0.1) is 5.82 Å². The third-order valence-electron chi connectivity index (χ3n) is 3.42. The third-order valence-corrected chi connectivity index (χ3v) is 3.42. The summed E-state index contributed by atoms with van der Waals surface area (Å²) in [5.74, 6) is -0.309. The van der Waals surface area contributed by atoms with E-state index in [4.69, 9.17) is 8.83 Å². The molecule has 2 amide bonds. The highest BCUT2D eigenvalue weighted by Gasteiger charge is 2.14. The predicted molar refractivity (Wildman–Crippen MR) is 86.5 cm³/mol. The van der Waals surface area contributed by atoms with E-state index in [1.165, 1.54) is 30.5 Å². The smallest absolute Gasteiger partial charge is 0.309 e. The van der Waals surface area contributed by atoms with Crippen LogP contribution in [0.2, 0.25) is 0 Å². The fraction of sp³-hybridized carbons (Fsp3) is 0.111. The summed E-state index contributed by atoms with van der Waals surface area (Å²) in [6.45, 7) is 0.208. The van der Waals surface area contributed by atoms with Crippen LogP contribution in [0.25, 0.3) is 11.5 Å². The fourth-order valence-corrected chi connectivity index (χ4v) is 2.14. The van der Waals surface area contributed by atoms with Crippen molar-refractivity contribution in [2.24, 2.45) is 0 Å². The molecule has 0 fully saturated rings. The molecule has 25 heavy (non-hydrogen) atoms. The van der Waals surface area contributed by atoms with Gasteiger partial charge in [-0.2, -0.15) is 0 Å². The molecule has 0 radical (unpaired) electrons. The van der Waals surface area contributed by atoms with Crippen LogP contribution in [-0.2, 0) is 22.7 Å². The van der Waals surface area contributed by atoms with Crippen molar-refractivity contribution in [2.45, 2.75) is 13.1 Å². The first kappa shape index (κ1) is 16.5. The lowest BCUT2D eigenvalue weighted by Gasteiger charge is -2.05. The summed E-state index contributed by atoms with van der Waals surface area (Å²) in [7, 11) is 0. The van der Waals surface area contributed by atoms with Crippen LogP contribution in [0.5, 0.6) is 0 Å². The number of hydrogen-bond acceptors (Lipinski definition) is 4. The zero-order valence-electron chi connectivity index (χ0n) is 13.1. The summed E-state index contributed by atoms with van der Waals surface area (Å²) in [5, 5.41) is 4.93. The van der Waals surface area contributed by atoms with Gasteiger partial charge in [0.2, 0.25) is 0 Å². The standard InChI is InChI=1S/C18H15FN2O4/c19-13-5-3-12(4-6-13)10-20-17(22)18(23)21-11-14-7-8-16(25-14)15-2-1-9-24-15/h1-9H,10-11H2,(H,20,22)(H,21,23). The lowest BCUT2D eigenvalue weighted by Crippen LogP contribution is -2.39. The number of amides is 2. The van der Waals surface area contributed by atoms with Crippen molar-refractivity contribution in [2.75, 3.05) is 0 Å². The second-order valence-corrected chi connectivity index (χ2v) is 5.24.